The molecular formula is C21H26ClN6O7S2+. The van der Waals surface area contributed by atoms with E-state index in [9.17, 15) is 24.3 Å². The molecule has 200 valence electrons. The zero-order valence-electron chi connectivity index (χ0n) is 20.0. The molecule has 3 aliphatic rings. The molecule has 5 N–H and O–H groups in total. The molecule has 2 amide bonds. The van der Waals surface area contributed by atoms with Crippen LogP contribution in [0, 0.1) is 0 Å². The molecule has 4 rings (SSSR count). The van der Waals surface area contributed by atoms with E-state index in [1.54, 1.807) is 0 Å². The lowest BCUT2D eigenvalue weighted by atomic mass is 10.0. The first-order valence-electron chi connectivity index (χ1n) is 11.3. The fraction of sp³-hybridized carbons (Fsp3) is 0.524. The van der Waals surface area contributed by atoms with Crippen LogP contribution in [-0.2, 0) is 24.0 Å². The number of amides is 2. The summed E-state index contributed by atoms with van der Waals surface area (Å²) in [6.07, 6.45) is 0.771. The minimum absolute atomic E-state index is 0.0193. The molecule has 4 heterocycles. The summed E-state index contributed by atoms with van der Waals surface area (Å²) < 4.78 is 0.747. The molecule has 13 nitrogen and oxygen atoms in total. The van der Waals surface area contributed by atoms with Gasteiger partial charge in [-0.15, -0.1) is 11.8 Å². The Labute approximate surface area is 224 Å². The van der Waals surface area contributed by atoms with Gasteiger partial charge in [0.15, 0.2) is 10.8 Å². The predicted molar refractivity (Wildman–Crippen MR) is 136 cm³/mol. The van der Waals surface area contributed by atoms with Crippen LogP contribution in [0.15, 0.2) is 16.4 Å². The maximum absolute atomic E-state index is 13.1. The first-order chi connectivity index (χ1) is 17.4. The number of aromatic nitrogens is 1. The molecule has 3 aliphatic heterocycles. The Morgan fingerprint density at radius 1 is 1.35 bits per heavy atom. The monoisotopic (exact) mass is 573 g/mol. The summed E-state index contributed by atoms with van der Waals surface area (Å²) in [5, 5.41) is 24.6. The zero-order chi connectivity index (χ0) is 27.1. The zero-order valence-corrected chi connectivity index (χ0v) is 22.4. The van der Waals surface area contributed by atoms with Gasteiger partial charge >= 0.3 is 11.9 Å². The summed E-state index contributed by atoms with van der Waals surface area (Å²) in [6.45, 7) is 3.66. The van der Waals surface area contributed by atoms with Gasteiger partial charge in [0.2, 0.25) is 6.10 Å². The van der Waals surface area contributed by atoms with Gasteiger partial charge in [0, 0.05) is 24.2 Å². The number of quaternary nitrogens is 1. The summed E-state index contributed by atoms with van der Waals surface area (Å²) in [5.41, 5.74) is 5.74. The van der Waals surface area contributed by atoms with E-state index in [0.29, 0.717) is 17.9 Å². The number of aliphatic carboxylic acids is 2. The third kappa shape index (κ3) is 5.39. The first kappa shape index (κ1) is 27.2. The lowest BCUT2D eigenvalue weighted by molar-refractivity contribution is -0.893. The van der Waals surface area contributed by atoms with E-state index in [1.165, 1.54) is 23.6 Å². The number of carboxylic acids is 2. The lowest BCUT2D eigenvalue weighted by Gasteiger charge is -2.49. The van der Waals surface area contributed by atoms with Crippen LogP contribution in [0.4, 0.5) is 5.13 Å². The van der Waals surface area contributed by atoms with E-state index in [1.807, 2.05) is 0 Å². The first-order valence-corrected chi connectivity index (χ1v) is 13.6. The molecule has 0 aromatic carbocycles. The number of halogens is 1. The highest BCUT2D eigenvalue weighted by Crippen LogP contribution is 2.41. The van der Waals surface area contributed by atoms with E-state index in [2.05, 4.69) is 22.5 Å². The molecule has 2 saturated heterocycles. The second kappa shape index (κ2) is 10.5. The van der Waals surface area contributed by atoms with Crippen molar-refractivity contribution in [3.05, 3.63) is 21.3 Å². The van der Waals surface area contributed by atoms with Crippen LogP contribution in [-0.4, -0.2) is 104 Å². The smallest absolute Gasteiger partial charge is 0.352 e. The Morgan fingerprint density at radius 3 is 2.59 bits per heavy atom. The van der Waals surface area contributed by atoms with Crippen molar-refractivity contribution in [1.82, 2.24) is 15.2 Å². The van der Waals surface area contributed by atoms with E-state index in [0.717, 1.165) is 41.8 Å². The molecule has 0 spiro atoms. The van der Waals surface area contributed by atoms with Crippen molar-refractivity contribution in [2.45, 2.75) is 37.3 Å². The van der Waals surface area contributed by atoms with E-state index < -0.39 is 47.0 Å². The fourth-order valence-electron chi connectivity index (χ4n) is 4.56. The Hall–Kier alpha value is -2.88. The third-order valence-electron chi connectivity index (χ3n) is 6.45. The average molecular weight is 574 g/mol. The molecule has 0 aliphatic carbocycles. The minimum Gasteiger partial charge on any atom is -0.478 e. The van der Waals surface area contributed by atoms with Gasteiger partial charge in [-0.05, 0) is 6.92 Å². The highest BCUT2D eigenvalue weighted by atomic mass is 35.5. The fourth-order valence-corrected chi connectivity index (χ4v) is 6.83. The number of likely N-dealkylation sites (N-methyl/N-ethyl adjacent to an activating group) is 1. The van der Waals surface area contributed by atoms with Gasteiger partial charge in [-0.25, -0.2) is 14.6 Å². The van der Waals surface area contributed by atoms with Crippen molar-refractivity contribution in [2.75, 3.05) is 38.2 Å². The molecule has 2 fully saturated rings. The van der Waals surface area contributed by atoms with Crippen LogP contribution in [0.3, 0.4) is 0 Å². The second-order valence-corrected chi connectivity index (χ2v) is 12.0. The number of rotatable bonds is 9. The number of anilines is 1. The van der Waals surface area contributed by atoms with Gasteiger partial charge < -0.3 is 30.6 Å². The highest BCUT2D eigenvalue weighted by molar-refractivity contribution is 8.00. The van der Waals surface area contributed by atoms with Gasteiger partial charge in [0.25, 0.3) is 11.8 Å². The number of thioether (sulfide) groups is 1. The standard InChI is InChI=1S/C21H25ClN6O7S2/c1-9(19(31)32)35-26-12(11-15(22)37-21(23)25-11)16(29)24-13-17(30)27-14(20(33)34)10(8-36-18(13)27)7-28(2)5-3-4-6-28/h9,13,18H,3-8H2,1-2H3,(H4-,23,24,25,29,31,32,33,34)/p+1/b26-12+/t9-,13+,18?/m0/s1. The minimum atomic E-state index is -1.38. The molecule has 1 aromatic heterocycles. The number of β-lactam (4-membered cyclic amide) rings is 1. The predicted octanol–water partition coefficient (Wildman–Crippen LogP) is 0.552. The van der Waals surface area contributed by atoms with E-state index in [4.69, 9.17) is 27.3 Å². The van der Waals surface area contributed by atoms with Crippen molar-refractivity contribution >= 4 is 69.3 Å². The highest BCUT2D eigenvalue weighted by Gasteiger charge is 2.55. The Bertz CT molecular complexity index is 1210. The maximum Gasteiger partial charge on any atom is 0.352 e. The number of nitrogens with zero attached hydrogens (tertiary/aromatic N) is 4. The SMILES string of the molecule is C[C@H](O/N=C(/C(=O)N[C@@H]1C(=O)N2C(C(=O)O)=C(C[N+]3(C)CCCC3)CSC12)c1nc(N)sc1Cl)C(=O)O. The number of nitrogens with two attached hydrogens (primary N) is 1. The van der Waals surface area contributed by atoms with Crippen molar-refractivity contribution in [1.29, 1.82) is 0 Å². The quantitative estimate of drug-likeness (QED) is 0.141. The number of carboxylic acid groups (broad SMARTS) is 2. The molecule has 0 saturated carbocycles. The van der Waals surface area contributed by atoms with Crippen molar-refractivity contribution < 1.29 is 38.7 Å². The lowest BCUT2D eigenvalue weighted by Crippen LogP contribution is -2.71. The summed E-state index contributed by atoms with van der Waals surface area (Å²) in [7, 11) is 2.09. The van der Waals surface area contributed by atoms with Crippen LogP contribution >= 0.6 is 34.7 Å². The number of hydrogen-bond acceptors (Lipinski definition) is 10. The largest absolute Gasteiger partial charge is 0.478 e. The van der Waals surface area contributed by atoms with Crippen LogP contribution in [0.2, 0.25) is 4.34 Å². The molecule has 37 heavy (non-hydrogen) atoms. The molecule has 3 atom stereocenters. The summed E-state index contributed by atoms with van der Waals surface area (Å²) in [5.74, 6) is -3.57. The molecule has 16 heteroatoms. The number of nitrogen functional groups attached to an aromatic ring is 1. The molecular weight excluding hydrogens is 548 g/mol. The van der Waals surface area contributed by atoms with Gasteiger partial charge in [-0.2, -0.15) is 0 Å². The summed E-state index contributed by atoms with van der Waals surface area (Å²) in [6, 6.07) is -1.04. The molecule has 1 aromatic rings. The number of nitrogens with one attached hydrogen (secondary N) is 1. The Balaban J connectivity index is 1.55. The van der Waals surface area contributed by atoms with Crippen LogP contribution < -0.4 is 11.1 Å². The molecule has 0 bridgehead atoms. The van der Waals surface area contributed by atoms with Crippen LogP contribution in [0.25, 0.3) is 0 Å². The number of likely N-dealkylation sites (tertiary alicyclic amines) is 1. The number of carbonyl (C=O) groups is 4. The number of fused-ring (bicyclic) bond motifs is 1. The normalized spacial score (nSPS) is 23.8. The number of oxime groups is 1. The van der Waals surface area contributed by atoms with Crippen molar-refractivity contribution in [2.24, 2.45) is 5.16 Å². The Morgan fingerprint density at radius 2 is 2.03 bits per heavy atom. The molecule has 1 unspecified atom stereocenters. The van der Waals surface area contributed by atoms with Gasteiger partial charge in [-0.3, -0.25) is 14.5 Å². The van der Waals surface area contributed by atoms with Crippen LogP contribution in [0.5, 0.6) is 0 Å². The van der Waals surface area contributed by atoms with Gasteiger partial charge in [0.1, 0.15) is 33.7 Å². The van der Waals surface area contributed by atoms with Crippen molar-refractivity contribution in [3.63, 3.8) is 0 Å². The second-order valence-electron chi connectivity index (χ2n) is 9.25. The van der Waals surface area contributed by atoms with E-state index in [-0.39, 0.29) is 20.9 Å². The number of thiazole rings is 1. The summed E-state index contributed by atoms with van der Waals surface area (Å²) in [4.78, 5) is 59.6. The summed E-state index contributed by atoms with van der Waals surface area (Å²) >= 11 is 8.37. The van der Waals surface area contributed by atoms with Crippen LogP contribution in [0.1, 0.15) is 25.5 Å². The maximum atomic E-state index is 13.1. The number of hydrogen-bond donors (Lipinski definition) is 4. The third-order valence-corrected chi connectivity index (χ3v) is 8.87. The average Bonchev–Trinajstić information content (AvgIpc) is 3.41. The van der Waals surface area contributed by atoms with Gasteiger partial charge in [-0.1, -0.05) is 28.1 Å². The van der Waals surface area contributed by atoms with E-state index >= 15 is 0 Å². The number of carbonyl (C=O) groups excluding carboxylic acids is 2. The van der Waals surface area contributed by atoms with Gasteiger partial charge in [0.05, 0.1) is 20.1 Å². The topological polar surface area (TPSA) is 185 Å². The Kier molecular flexibility index (Phi) is 7.69. The molecule has 0 radical (unpaired) electrons. The van der Waals surface area contributed by atoms with Crippen molar-refractivity contribution in [3.8, 4) is 0 Å².